The summed E-state index contributed by atoms with van der Waals surface area (Å²) in [4.78, 5) is 0. The number of ether oxygens (including phenoxy) is 1. The highest BCUT2D eigenvalue weighted by molar-refractivity contribution is 5.31. The van der Waals surface area contributed by atoms with Crippen molar-refractivity contribution < 1.29 is 4.74 Å². The van der Waals surface area contributed by atoms with Crippen LogP contribution in [-0.2, 0) is 11.3 Å². The largest absolute Gasteiger partial charge is 0.385 e. The smallest absolute Gasteiger partial charge is 0.0991 e. The van der Waals surface area contributed by atoms with E-state index in [-0.39, 0.29) is 0 Å². The van der Waals surface area contributed by atoms with E-state index in [1.54, 1.807) is 7.11 Å². The highest BCUT2D eigenvalue weighted by Gasteiger charge is 1.93. The number of hydrogen-bond acceptors (Lipinski definition) is 3. The SMILES string of the molecule is COCCCCNCc1ccc(C#N)cc1. The third-order valence-electron chi connectivity index (χ3n) is 2.36. The van der Waals surface area contributed by atoms with Crippen LogP contribution in [0.25, 0.3) is 0 Å². The minimum absolute atomic E-state index is 0.712. The zero-order chi connectivity index (χ0) is 11.6. The molecule has 0 unspecified atom stereocenters. The van der Waals surface area contributed by atoms with Crippen molar-refractivity contribution in [3.05, 3.63) is 35.4 Å². The standard InChI is InChI=1S/C13H18N2O/c1-16-9-3-2-8-15-11-13-6-4-12(10-14)5-7-13/h4-7,15H,2-3,8-9,11H2,1H3. The van der Waals surface area contributed by atoms with Crippen LogP contribution in [0.15, 0.2) is 24.3 Å². The summed E-state index contributed by atoms with van der Waals surface area (Å²) in [5.74, 6) is 0. The molecule has 0 radical (unpaired) electrons. The van der Waals surface area contributed by atoms with Crippen LogP contribution >= 0.6 is 0 Å². The highest BCUT2D eigenvalue weighted by atomic mass is 16.5. The Morgan fingerprint density at radius 2 is 2.00 bits per heavy atom. The Morgan fingerprint density at radius 1 is 1.25 bits per heavy atom. The number of nitriles is 1. The van der Waals surface area contributed by atoms with E-state index in [1.807, 2.05) is 24.3 Å². The van der Waals surface area contributed by atoms with Crippen molar-refractivity contribution in [2.45, 2.75) is 19.4 Å². The lowest BCUT2D eigenvalue weighted by Gasteiger charge is -2.04. The van der Waals surface area contributed by atoms with Crippen molar-refractivity contribution in [1.29, 1.82) is 5.26 Å². The summed E-state index contributed by atoms with van der Waals surface area (Å²) in [6.07, 6.45) is 2.22. The third kappa shape index (κ3) is 4.92. The second-order valence-corrected chi connectivity index (χ2v) is 3.69. The number of rotatable bonds is 7. The zero-order valence-electron chi connectivity index (χ0n) is 9.70. The summed E-state index contributed by atoms with van der Waals surface area (Å²) >= 11 is 0. The fourth-order valence-electron chi connectivity index (χ4n) is 1.43. The van der Waals surface area contributed by atoms with E-state index in [1.165, 1.54) is 5.56 Å². The van der Waals surface area contributed by atoms with Crippen LogP contribution < -0.4 is 5.32 Å². The van der Waals surface area contributed by atoms with Gasteiger partial charge < -0.3 is 10.1 Å². The molecule has 0 amide bonds. The van der Waals surface area contributed by atoms with Crippen molar-refractivity contribution in [2.75, 3.05) is 20.3 Å². The first kappa shape index (κ1) is 12.7. The van der Waals surface area contributed by atoms with E-state index in [0.717, 1.165) is 32.5 Å². The van der Waals surface area contributed by atoms with E-state index >= 15 is 0 Å². The summed E-state index contributed by atoms with van der Waals surface area (Å²) in [7, 11) is 1.73. The molecule has 86 valence electrons. The maximum Gasteiger partial charge on any atom is 0.0991 e. The number of methoxy groups -OCH3 is 1. The number of nitrogens with one attached hydrogen (secondary N) is 1. The monoisotopic (exact) mass is 218 g/mol. The highest BCUT2D eigenvalue weighted by Crippen LogP contribution is 2.02. The van der Waals surface area contributed by atoms with Gasteiger partial charge in [-0.2, -0.15) is 5.26 Å². The van der Waals surface area contributed by atoms with Crippen molar-refractivity contribution in [2.24, 2.45) is 0 Å². The Bertz CT molecular complexity index is 327. The third-order valence-corrected chi connectivity index (χ3v) is 2.36. The van der Waals surface area contributed by atoms with Gasteiger partial charge >= 0.3 is 0 Å². The lowest BCUT2D eigenvalue weighted by Crippen LogP contribution is -2.15. The number of hydrogen-bond donors (Lipinski definition) is 1. The summed E-state index contributed by atoms with van der Waals surface area (Å²) in [6, 6.07) is 9.78. The molecule has 0 aromatic heterocycles. The molecule has 1 N–H and O–H groups in total. The van der Waals surface area contributed by atoms with Gasteiger partial charge in [-0.15, -0.1) is 0 Å². The molecule has 1 aromatic rings. The molecule has 16 heavy (non-hydrogen) atoms. The van der Waals surface area contributed by atoms with Crippen molar-refractivity contribution in [3.8, 4) is 6.07 Å². The normalized spacial score (nSPS) is 10.0. The Hall–Kier alpha value is -1.37. The molecule has 0 spiro atoms. The average Bonchev–Trinajstić information content (AvgIpc) is 2.34. The fraction of sp³-hybridized carbons (Fsp3) is 0.462. The predicted octanol–water partition coefficient (Wildman–Crippen LogP) is 2.07. The van der Waals surface area contributed by atoms with Crippen molar-refractivity contribution >= 4 is 0 Å². The molecule has 0 fully saturated rings. The minimum atomic E-state index is 0.712. The van der Waals surface area contributed by atoms with Crippen LogP contribution in [0, 0.1) is 11.3 Å². The lowest BCUT2D eigenvalue weighted by molar-refractivity contribution is 0.192. The van der Waals surface area contributed by atoms with Gasteiger partial charge in [-0.3, -0.25) is 0 Å². The van der Waals surface area contributed by atoms with Gasteiger partial charge in [0, 0.05) is 20.3 Å². The lowest BCUT2D eigenvalue weighted by atomic mass is 10.1. The number of benzene rings is 1. The maximum atomic E-state index is 8.65. The second-order valence-electron chi connectivity index (χ2n) is 3.69. The molecular formula is C13H18N2O. The average molecular weight is 218 g/mol. The molecule has 0 bridgehead atoms. The van der Waals surface area contributed by atoms with Gasteiger partial charge in [0.25, 0.3) is 0 Å². The van der Waals surface area contributed by atoms with Gasteiger partial charge in [0.15, 0.2) is 0 Å². The van der Waals surface area contributed by atoms with E-state index in [4.69, 9.17) is 10.00 Å². The fourth-order valence-corrected chi connectivity index (χ4v) is 1.43. The molecule has 0 heterocycles. The van der Waals surface area contributed by atoms with E-state index in [0.29, 0.717) is 5.56 Å². The summed E-state index contributed by atoms with van der Waals surface area (Å²) in [5.41, 5.74) is 1.93. The number of nitrogens with zero attached hydrogens (tertiary/aromatic N) is 1. The molecule has 0 atom stereocenters. The van der Waals surface area contributed by atoms with Gasteiger partial charge in [-0.05, 0) is 37.1 Å². The zero-order valence-corrected chi connectivity index (χ0v) is 9.70. The van der Waals surface area contributed by atoms with E-state index in [2.05, 4.69) is 11.4 Å². The van der Waals surface area contributed by atoms with Gasteiger partial charge in [0.2, 0.25) is 0 Å². The van der Waals surface area contributed by atoms with Crippen LogP contribution in [0.4, 0.5) is 0 Å². The molecule has 1 aromatic carbocycles. The summed E-state index contributed by atoms with van der Waals surface area (Å²) in [6.45, 7) is 2.70. The second kappa shape index (κ2) is 7.86. The van der Waals surface area contributed by atoms with Gasteiger partial charge in [-0.1, -0.05) is 12.1 Å². The summed E-state index contributed by atoms with van der Waals surface area (Å²) < 4.78 is 4.97. The van der Waals surface area contributed by atoms with Gasteiger partial charge in [-0.25, -0.2) is 0 Å². The van der Waals surface area contributed by atoms with Crippen molar-refractivity contribution in [1.82, 2.24) is 5.32 Å². The van der Waals surface area contributed by atoms with Crippen LogP contribution in [0.2, 0.25) is 0 Å². The Balaban J connectivity index is 2.15. The Labute approximate surface area is 97.0 Å². The van der Waals surface area contributed by atoms with Crippen LogP contribution in [0.5, 0.6) is 0 Å². The van der Waals surface area contributed by atoms with Gasteiger partial charge in [0.1, 0.15) is 0 Å². The number of unbranched alkanes of at least 4 members (excludes halogenated alkanes) is 1. The molecule has 3 heteroatoms. The first-order valence-electron chi connectivity index (χ1n) is 5.55. The topological polar surface area (TPSA) is 45.0 Å². The van der Waals surface area contributed by atoms with Crippen LogP contribution in [0.3, 0.4) is 0 Å². The van der Waals surface area contributed by atoms with Crippen LogP contribution in [-0.4, -0.2) is 20.3 Å². The molecule has 0 aliphatic rings. The minimum Gasteiger partial charge on any atom is -0.385 e. The Kier molecular flexibility index (Phi) is 6.24. The maximum absolute atomic E-state index is 8.65. The first-order valence-corrected chi connectivity index (χ1v) is 5.55. The Morgan fingerprint density at radius 3 is 2.62 bits per heavy atom. The molecule has 0 saturated carbocycles. The molecule has 1 rings (SSSR count). The summed E-state index contributed by atoms with van der Waals surface area (Å²) in [5, 5.41) is 12.0. The van der Waals surface area contributed by atoms with Crippen LogP contribution in [0.1, 0.15) is 24.0 Å². The van der Waals surface area contributed by atoms with E-state index < -0.39 is 0 Å². The quantitative estimate of drug-likeness (QED) is 0.713. The van der Waals surface area contributed by atoms with Crippen molar-refractivity contribution in [3.63, 3.8) is 0 Å². The van der Waals surface area contributed by atoms with E-state index in [9.17, 15) is 0 Å². The molecule has 0 aliphatic carbocycles. The van der Waals surface area contributed by atoms with Gasteiger partial charge in [0.05, 0.1) is 11.6 Å². The first-order chi connectivity index (χ1) is 7.86. The molecular weight excluding hydrogens is 200 g/mol. The molecule has 0 saturated heterocycles. The molecule has 0 aliphatic heterocycles. The predicted molar refractivity (Wildman–Crippen MR) is 64.0 cm³/mol. The molecule has 3 nitrogen and oxygen atoms in total.